The van der Waals surface area contributed by atoms with Crippen LogP contribution in [0.2, 0.25) is 0 Å². The molecular formula is C16H14BrF3O. The van der Waals surface area contributed by atoms with E-state index in [1.165, 1.54) is 5.56 Å². The van der Waals surface area contributed by atoms with Crippen molar-refractivity contribution in [3.05, 3.63) is 65.7 Å². The number of ether oxygens (including phenoxy) is 1. The van der Waals surface area contributed by atoms with Crippen LogP contribution in [0.1, 0.15) is 11.1 Å². The van der Waals surface area contributed by atoms with E-state index >= 15 is 0 Å². The molecule has 5 heteroatoms. The average molecular weight is 359 g/mol. The van der Waals surface area contributed by atoms with E-state index in [1.54, 1.807) is 12.1 Å². The highest BCUT2D eigenvalue weighted by molar-refractivity contribution is 9.09. The fourth-order valence-corrected chi connectivity index (χ4v) is 1.93. The highest BCUT2D eigenvalue weighted by Crippen LogP contribution is 2.27. The summed E-state index contributed by atoms with van der Waals surface area (Å²) in [7, 11) is 0. The van der Waals surface area contributed by atoms with Gasteiger partial charge in [-0.3, -0.25) is 0 Å². The van der Waals surface area contributed by atoms with Crippen LogP contribution in [0, 0.1) is 0 Å². The summed E-state index contributed by atoms with van der Waals surface area (Å²) in [4.78, 5) is -1.66. The van der Waals surface area contributed by atoms with Gasteiger partial charge in [0.05, 0.1) is 0 Å². The van der Waals surface area contributed by atoms with Crippen molar-refractivity contribution in [1.82, 2.24) is 0 Å². The molecule has 0 amide bonds. The Kier molecular flexibility index (Phi) is 5.28. The van der Waals surface area contributed by atoms with E-state index in [2.05, 4.69) is 15.9 Å². The summed E-state index contributed by atoms with van der Waals surface area (Å²) in [6.07, 6.45) is -3.52. The molecule has 21 heavy (non-hydrogen) atoms. The molecule has 0 aliphatic rings. The molecule has 0 fully saturated rings. The second-order valence-corrected chi connectivity index (χ2v) is 5.73. The first-order chi connectivity index (χ1) is 9.95. The SMILES string of the molecule is FC(F)(F)C(Br)COc1ccc(Cc2ccccc2)cc1. The fraction of sp³-hybridized carbons (Fsp3) is 0.250. The largest absolute Gasteiger partial charge is 0.492 e. The molecule has 2 rings (SSSR count). The molecule has 0 aliphatic heterocycles. The van der Waals surface area contributed by atoms with Crippen molar-refractivity contribution in [2.24, 2.45) is 0 Å². The lowest BCUT2D eigenvalue weighted by Gasteiger charge is -2.15. The Hall–Kier alpha value is -1.49. The van der Waals surface area contributed by atoms with Gasteiger partial charge >= 0.3 is 6.18 Å². The second kappa shape index (κ2) is 6.98. The normalized spacial score (nSPS) is 13.0. The van der Waals surface area contributed by atoms with Gasteiger partial charge in [0.15, 0.2) is 0 Å². The molecular weight excluding hydrogens is 345 g/mol. The van der Waals surface area contributed by atoms with Crippen LogP contribution in [0.5, 0.6) is 5.75 Å². The first-order valence-corrected chi connectivity index (χ1v) is 7.33. The number of benzene rings is 2. The van der Waals surface area contributed by atoms with Crippen molar-refractivity contribution in [3.63, 3.8) is 0 Å². The van der Waals surface area contributed by atoms with E-state index in [-0.39, 0.29) is 0 Å². The maximum absolute atomic E-state index is 12.3. The molecule has 1 nitrogen and oxygen atoms in total. The van der Waals surface area contributed by atoms with Crippen molar-refractivity contribution in [1.29, 1.82) is 0 Å². The Labute approximate surface area is 129 Å². The molecule has 2 aromatic rings. The molecule has 1 unspecified atom stereocenters. The molecule has 0 aromatic heterocycles. The zero-order valence-corrected chi connectivity index (χ0v) is 12.7. The molecule has 0 radical (unpaired) electrons. The van der Waals surface area contributed by atoms with Gasteiger partial charge < -0.3 is 4.74 Å². The van der Waals surface area contributed by atoms with Gasteiger partial charge in [-0.1, -0.05) is 58.4 Å². The number of alkyl halides is 4. The Morgan fingerprint density at radius 1 is 0.905 bits per heavy atom. The standard InChI is InChI=1S/C16H14BrF3O/c17-15(16(18,19)20)11-21-14-8-6-13(7-9-14)10-12-4-2-1-3-5-12/h1-9,15H,10-11H2. The predicted octanol–water partition coefficient (Wildman–Crippen LogP) is 4.98. The maximum Gasteiger partial charge on any atom is 0.404 e. The van der Waals surface area contributed by atoms with E-state index in [0.29, 0.717) is 5.75 Å². The van der Waals surface area contributed by atoms with Gasteiger partial charge in [-0.25, -0.2) is 0 Å². The van der Waals surface area contributed by atoms with E-state index < -0.39 is 17.6 Å². The molecule has 0 saturated carbocycles. The van der Waals surface area contributed by atoms with E-state index in [1.807, 2.05) is 42.5 Å². The number of halogens is 4. The minimum Gasteiger partial charge on any atom is -0.492 e. The monoisotopic (exact) mass is 358 g/mol. The summed E-state index contributed by atoms with van der Waals surface area (Å²) in [5.74, 6) is 0.431. The van der Waals surface area contributed by atoms with Gasteiger partial charge in [-0.2, -0.15) is 13.2 Å². The maximum atomic E-state index is 12.3. The van der Waals surface area contributed by atoms with Gasteiger partial charge in [-0.15, -0.1) is 0 Å². The van der Waals surface area contributed by atoms with Gasteiger partial charge in [0, 0.05) is 0 Å². The van der Waals surface area contributed by atoms with Gasteiger partial charge in [0.2, 0.25) is 0 Å². The van der Waals surface area contributed by atoms with E-state index in [9.17, 15) is 13.2 Å². The van der Waals surface area contributed by atoms with E-state index in [4.69, 9.17) is 4.74 Å². The molecule has 0 aliphatic carbocycles. The van der Waals surface area contributed by atoms with E-state index in [0.717, 1.165) is 12.0 Å². The van der Waals surface area contributed by atoms with Crippen molar-refractivity contribution < 1.29 is 17.9 Å². The molecule has 2 aromatic carbocycles. The number of rotatable bonds is 5. The first-order valence-electron chi connectivity index (χ1n) is 6.41. The van der Waals surface area contributed by atoms with Crippen LogP contribution in [0.3, 0.4) is 0 Å². The quantitative estimate of drug-likeness (QED) is 0.684. The summed E-state index contributed by atoms with van der Waals surface area (Å²) in [5.41, 5.74) is 2.27. The fourth-order valence-electron chi connectivity index (χ4n) is 1.80. The Morgan fingerprint density at radius 3 is 2.05 bits per heavy atom. The molecule has 0 N–H and O–H groups in total. The summed E-state index contributed by atoms with van der Waals surface area (Å²) in [6, 6.07) is 17.1. The first kappa shape index (κ1) is 15.9. The average Bonchev–Trinajstić information content (AvgIpc) is 2.46. The molecule has 0 saturated heterocycles. The highest BCUT2D eigenvalue weighted by Gasteiger charge is 2.38. The summed E-state index contributed by atoms with van der Waals surface area (Å²) in [6.45, 7) is -0.443. The van der Waals surface area contributed by atoms with Crippen LogP contribution >= 0.6 is 15.9 Å². The zero-order valence-electron chi connectivity index (χ0n) is 11.1. The molecule has 0 spiro atoms. The Balaban J connectivity index is 1.90. The molecule has 112 valence electrons. The van der Waals surface area contributed by atoms with Crippen molar-refractivity contribution >= 4 is 15.9 Å². The van der Waals surface area contributed by atoms with Crippen molar-refractivity contribution in [2.75, 3.05) is 6.61 Å². The van der Waals surface area contributed by atoms with Crippen LogP contribution in [-0.4, -0.2) is 17.6 Å². The lowest BCUT2D eigenvalue weighted by Crippen LogP contribution is -2.28. The van der Waals surface area contributed by atoms with Crippen LogP contribution in [0.15, 0.2) is 54.6 Å². The summed E-state index contributed by atoms with van der Waals surface area (Å²) >= 11 is 2.56. The zero-order chi connectivity index (χ0) is 15.3. The molecule has 0 bridgehead atoms. The van der Waals surface area contributed by atoms with Gasteiger partial charge in [0.25, 0.3) is 0 Å². The summed E-state index contributed by atoms with van der Waals surface area (Å²) < 4.78 is 42.1. The summed E-state index contributed by atoms with van der Waals surface area (Å²) in [5, 5.41) is 0. The third-order valence-electron chi connectivity index (χ3n) is 2.93. The topological polar surface area (TPSA) is 9.23 Å². The third kappa shape index (κ3) is 5.08. The van der Waals surface area contributed by atoms with Crippen LogP contribution < -0.4 is 4.74 Å². The van der Waals surface area contributed by atoms with Crippen molar-refractivity contribution in [2.45, 2.75) is 17.4 Å². The minimum atomic E-state index is -4.30. The molecule has 1 atom stereocenters. The number of hydrogen-bond donors (Lipinski definition) is 0. The lowest BCUT2D eigenvalue weighted by atomic mass is 10.1. The second-order valence-electron chi connectivity index (χ2n) is 4.63. The van der Waals surface area contributed by atoms with Gasteiger partial charge in [0.1, 0.15) is 17.2 Å². The van der Waals surface area contributed by atoms with Crippen LogP contribution in [0.4, 0.5) is 13.2 Å². The Morgan fingerprint density at radius 2 is 1.48 bits per heavy atom. The van der Waals surface area contributed by atoms with Gasteiger partial charge in [-0.05, 0) is 29.7 Å². The highest BCUT2D eigenvalue weighted by atomic mass is 79.9. The lowest BCUT2D eigenvalue weighted by molar-refractivity contribution is -0.132. The van der Waals surface area contributed by atoms with Crippen LogP contribution in [0.25, 0.3) is 0 Å². The van der Waals surface area contributed by atoms with Crippen LogP contribution in [-0.2, 0) is 6.42 Å². The van der Waals surface area contributed by atoms with Crippen molar-refractivity contribution in [3.8, 4) is 5.75 Å². The smallest absolute Gasteiger partial charge is 0.404 e. The Bertz CT molecular complexity index is 552. The molecule has 0 heterocycles. The third-order valence-corrected chi connectivity index (χ3v) is 3.71. The number of hydrogen-bond acceptors (Lipinski definition) is 1. The predicted molar refractivity (Wildman–Crippen MR) is 80.0 cm³/mol. The minimum absolute atomic E-state index is 0.431.